The lowest BCUT2D eigenvalue weighted by Crippen LogP contribution is -2.14. The Bertz CT molecular complexity index is 647. The summed E-state index contributed by atoms with van der Waals surface area (Å²) in [5.74, 6) is 0. The molecule has 1 aliphatic rings. The molecule has 0 amide bonds. The maximum absolute atomic E-state index is 3.05. The highest BCUT2D eigenvalue weighted by Gasteiger charge is 2.31. The van der Waals surface area contributed by atoms with Gasteiger partial charge in [-0.1, -0.05) is 57.2 Å². The second-order valence-electron chi connectivity index (χ2n) is 6.53. The van der Waals surface area contributed by atoms with E-state index in [1.807, 2.05) is 0 Å². The van der Waals surface area contributed by atoms with Gasteiger partial charge in [0.1, 0.15) is 0 Å². The first-order valence-corrected chi connectivity index (χ1v) is 7.57. The molecule has 2 aromatic rings. The highest BCUT2D eigenvalue weighted by molar-refractivity contribution is 7.17. The first-order chi connectivity index (χ1) is 8.91. The Morgan fingerprint density at radius 1 is 0.895 bits per heavy atom. The van der Waals surface area contributed by atoms with Crippen molar-refractivity contribution in [3.63, 3.8) is 0 Å². The summed E-state index contributed by atoms with van der Waals surface area (Å²) >= 11 is 0. The van der Waals surface area contributed by atoms with Gasteiger partial charge in [0.2, 0.25) is 0 Å². The molecule has 98 valence electrons. The topological polar surface area (TPSA) is 0 Å². The summed E-state index contributed by atoms with van der Waals surface area (Å²) in [5.41, 5.74) is 9.32. The summed E-state index contributed by atoms with van der Waals surface area (Å²) < 4.78 is 0. The second kappa shape index (κ2) is 4.18. The number of hydrogen-bond donors (Lipinski definition) is 0. The van der Waals surface area contributed by atoms with Gasteiger partial charge in [-0.3, -0.25) is 0 Å². The minimum atomic E-state index is 0.191. The van der Waals surface area contributed by atoms with Crippen LogP contribution in [-0.4, -0.2) is 0 Å². The zero-order valence-electron chi connectivity index (χ0n) is 12.1. The Balaban J connectivity index is 2.33. The normalized spacial score (nSPS) is 17.2. The van der Waals surface area contributed by atoms with Crippen LogP contribution in [0.3, 0.4) is 0 Å². The van der Waals surface area contributed by atoms with Gasteiger partial charge in [0.05, 0.1) is 0 Å². The van der Waals surface area contributed by atoms with E-state index in [0.717, 1.165) is 0 Å². The second-order valence-corrected chi connectivity index (χ2v) is 7.20. The van der Waals surface area contributed by atoms with Crippen LogP contribution >= 0.6 is 9.24 Å². The summed E-state index contributed by atoms with van der Waals surface area (Å²) in [6, 6.07) is 13.4. The molecule has 0 saturated carbocycles. The van der Waals surface area contributed by atoms with Crippen LogP contribution in [0.25, 0.3) is 11.1 Å². The molecule has 1 aliphatic carbocycles. The lowest BCUT2D eigenvalue weighted by molar-refractivity contribution is 0.585. The SMILES string of the molecule is Cc1cccc2c1C(P)c1c-2cccc1C(C)(C)C. The predicted molar refractivity (Wildman–Crippen MR) is 86.9 cm³/mol. The maximum Gasteiger partial charge on any atom is 0.0252 e. The molecule has 0 heterocycles. The molecular formula is C18H21P. The van der Waals surface area contributed by atoms with Crippen molar-refractivity contribution in [1.82, 2.24) is 0 Å². The van der Waals surface area contributed by atoms with Crippen LogP contribution in [0, 0.1) is 6.92 Å². The molecule has 1 heteroatoms. The Morgan fingerprint density at radius 2 is 1.47 bits per heavy atom. The third kappa shape index (κ3) is 1.85. The van der Waals surface area contributed by atoms with Crippen LogP contribution in [0.2, 0.25) is 0 Å². The molecule has 0 N–H and O–H groups in total. The van der Waals surface area contributed by atoms with Crippen LogP contribution in [0.4, 0.5) is 0 Å². The molecule has 0 nitrogen and oxygen atoms in total. The van der Waals surface area contributed by atoms with Crippen molar-refractivity contribution in [2.75, 3.05) is 0 Å². The highest BCUT2D eigenvalue weighted by Crippen LogP contribution is 2.52. The van der Waals surface area contributed by atoms with Crippen LogP contribution < -0.4 is 0 Å². The van der Waals surface area contributed by atoms with Gasteiger partial charge in [-0.2, -0.15) is 0 Å². The van der Waals surface area contributed by atoms with E-state index in [1.54, 1.807) is 0 Å². The van der Waals surface area contributed by atoms with E-state index in [1.165, 1.54) is 33.4 Å². The molecule has 0 aromatic heterocycles. The standard InChI is InChI=1S/C18H21P/c1-11-7-5-8-12-13-9-6-10-14(18(2,3)4)16(13)17(19)15(11)12/h5-10,17H,19H2,1-4H3. The molecule has 0 fully saturated rings. The summed E-state index contributed by atoms with van der Waals surface area (Å²) in [6.45, 7) is 9.13. The number of fused-ring (bicyclic) bond motifs is 3. The van der Waals surface area contributed by atoms with E-state index >= 15 is 0 Å². The summed E-state index contributed by atoms with van der Waals surface area (Å²) in [4.78, 5) is 0. The minimum absolute atomic E-state index is 0.191. The van der Waals surface area contributed by atoms with Gasteiger partial charge in [-0.05, 0) is 45.7 Å². The Morgan fingerprint density at radius 3 is 2.11 bits per heavy atom. The Kier molecular flexibility index (Phi) is 2.84. The van der Waals surface area contributed by atoms with Crippen LogP contribution in [0.1, 0.15) is 48.7 Å². The van der Waals surface area contributed by atoms with Crippen molar-refractivity contribution in [1.29, 1.82) is 0 Å². The molecule has 0 radical (unpaired) electrons. The molecule has 0 spiro atoms. The largest absolute Gasteiger partial charge is 0.125 e. The average molecular weight is 268 g/mol. The zero-order chi connectivity index (χ0) is 13.8. The smallest absolute Gasteiger partial charge is 0.0252 e. The van der Waals surface area contributed by atoms with E-state index < -0.39 is 0 Å². The van der Waals surface area contributed by atoms with Gasteiger partial charge in [0.15, 0.2) is 0 Å². The third-order valence-corrected chi connectivity index (χ3v) is 4.82. The molecule has 0 aliphatic heterocycles. The number of rotatable bonds is 0. The monoisotopic (exact) mass is 268 g/mol. The first-order valence-electron chi connectivity index (χ1n) is 6.90. The number of hydrogen-bond acceptors (Lipinski definition) is 0. The predicted octanol–water partition coefficient (Wildman–Crippen LogP) is 5.24. The summed E-state index contributed by atoms with van der Waals surface area (Å²) in [6.07, 6.45) is 0. The summed E-state index contributed by atoms with van der Waals surface area (Å²) in [7, 11) is 3.05. The van der Waals surface area contributed by atoms with Gasteiger partial charge in [-0.15, -0.1) is 9.24 Å². The molecule has 2 unspecified atom stereocenters. The van der Waals surface area contributed by atoms with Crippen molar-refractivity contribution in [2.45, 2.75) is 38.8 Å². The van der Waals surface area contributed by atoms with Gasteiger partial charge in [0, 0.05) is 5.66 Å². The van der Waals surface area contributed by atoms with Gasteiger partial charge < -0.3 is 0 Å². The lowest BCUT2D eigenvalue weighted by atomic mass is 9.82. The van der Waals surface area contributed by atoms with Crippen LogP contribution in [0.5, 0.6) is 0 Å². The van der Waals surface area contributed by atoms with Gasteiger partial charge in [-0.25, -0.2) is 0 Å². The van der Waals surface area contributed by atoms with Crippen molar-refractivity contribution in [3.05, 3.63) is 58.7 Å². The fourth-order valence-corrected chi connectivity index (χ4v) is 4.06. The average Bonchev–Trinajstić information content (AvgIpc) is 2.64. The zero-order valence-corrected chi connectivity index (χ0v) is 13.3. The van der Waals surface area contributed by atoms with E-state index in [2.05, 4.69) is 73.3 Å². The molecular weight excluding hydrogens is 247 g/mol. The molecule has 3 rings (SSSR count). The molecule has 19 heavy (non-hydrogen) atoms. The van der Waals surface area contributed by atoms with Gasteiger partial charge >= 0.3 is 0 Å². The Labute approximate surface area is 118 Å². The fraction of sp³-hybridized carbons (Fsp3) is 0.333. The summed E-state index contributed by atoms with van der Waals surface area (Å²) in [5, 5.41) is 0. The fourth-order valence-electron chi connectivity index (χ4n) is 3.26. The molecule has 0 bridgehead atoms. The van der Waals surface area contributed by atoms with E-state index in [-0.39, 0.29) is 5.41 Å². The van der Waals surface area contributed by atoms with Crippen molar-refractivity contribution in [2.24, 2.45) is 0 Å². The van der Waals surface area contributed by atoms with E-state index in [9.17, 15) is 0 Å². The maximum atomic E-state index is 3.05. The van der Waals surface area contributed by atoms with Gasteiger partial charge in [0.25, 0.3) is 0 Å². The third-order valence-electron chi connectivity index (χ3n) is 4.15. The minimum Gasteiger partial charge on any atom is -0.125 e. The lowest BCUT2D eigenvalue weighted by Gasteiger charge is -2.24. The molecule has 2 aromatic carbocycles. The van der Waals surface area contributed by atoms with Crippen molar-refractivity contribution in [3.8, 4) is 11.1 Å². The van der Waals surface area contributed by atoms with Crippen LogP contribution in [0.15, 0.2) is 36.4 Å². The van der Waals surface area contributed by atoms with Crippen molar-refractivity contribution < 1.29 is 0 Å². The number of benzene rings is 2. The Hall–Kier alpha value is -1.13. The van der Waals surface area contributed by atoms with E-state index in [4.69, 9.17) is 0 Å². The quantitative estimate of drug-likeness (QED) is 0.573. The molecule has 2 atom stereocenters. The highest BCUT2D eigenvalue weighted by atomic mass is 31.0. The van der Waals surface area contributed by atoms with E-state index in [0.29, 0.717) is 5.66 Å². The van der Waals surface area contributed by atoms with Crippen molar-refractivity contribution >= 4 is 9.24 Å². The number of aryl methyl sites for hydroxylation is 1. The molecule has 0 saturated heterocycles. The van der Waals surface area contributed by atoms with Crippen LogP contribution in [-0.2, 0) is 5.41 Å². The first kappa shape index (κ1) is 12.9.